The minimum Gasteiger partial charge on any atom is -0.495 e. The summed E-state index contributed by atoms with van der Waals surface area (Å²) in [6, 6.07) is 12.2. The van der Waals surface area contributed by atoms with Crippen LogP contribution in [0.25, 0.3) is 16.6 Å². The molecule has 26 heavy (non-hydrogen) atoms. The van der Waals surface area contributed by atoms with E-state index >= 15 is 0 Å². The molecule has 3 rings (SSSR count). The third-order valence-corrected chi connectivity index (χ3v) is 5.39. The molecular formula is C19H17ClN2O3S. The first-order valence-corrected chi connectivity index (χ1v) is 9.21. The van der Waals surface area contributed by atoms with Crippen molar-refractivity contribution in [1.82, 2.24) is 9.55 Å². The topological polar surface area (TPSA) is 61.2 Å². The monoisotopic (exact) mass is 388 g/mol. The molecular weight excluding hydrogens is 372 g/mol. The summed E-state index contributed by atoms with van der Waals surface area (Å²) in [5.74, 6) is 0.545. The molecule has 5 nitrogen and oxygen atoms in total. The van der Waals surface area contributed by atoms with E-state index in [1.54, 1.807) is 44.4 Å². The van der Waals surface area contributed by atoms with Crippen molar-refractivity contribution in [3.8, 4) is 11.4 Å². The van der Waals surface area contributed by atoms with E-state index < -0.39 is 0 Å². The second-order valence-electron chi connectivity index (χ2n) is 5.74. The Morgan fingerprint density at radius 1 is 1.27 bits per heavy atom. The number of hydrogen-bond acceptors (Lipinski definition) is 5. The molecule has 0 saturated heterocycles. The number of Topliss-reactive ketones (excluding diaryl/α,β-unsaturated/α-hetero) is 1. The molecule has 0 aliphatic rings. The summed E-state index contributed by atoms with van der Waals surface area (Å²) in [4.78, 5) is 29.6. The summed E-state index contributed by atoms with van der Waals surface area (Å²) in [6.45, 7) is 3.30. The number of fused-ring (bicyclic) bond motifs is 1. The first kappa shape index (κ1) is 18.5. The second kappa shape index (κ2) is 7.51. The van der Waals surface area contributed by atoms with Crippen LogP contribution in [0.1, 0.15) is 13.8 Å². The van der Waals surface area contributed by atoms with Gasteiger partial charge in [0.05, 0.1) is 29.0 Å². The van der Waals surface area contributed by atoms with Crippen LogP contribution in [-0.4, -0.2) is 27.7 Å². The highest BCUT2D eigenvalue weighted by molar-refractivity contribution is 8.00. The van der Waals surface area contributed by atoms with E-state index in [0.29, 0.717) is 32.5 Å². The second-order valence-corrected chi connectivity index (χ2v) is 7.48. The van der Waals surface area contributed by atoms with E-state index in [1.165, 1.54) is 23.3 Å². The van der Waals surface area contributed by atoms with Gasteiger partial charge in [0.2, 0.25) is 0 Å². The lowest BCUT2D eigenvalue weighted by atomic mass is 10.2. The number of benzene rings is 2. The Labute approximate surface area is 160 Å². The van der Waals surface area contributed by atoms with Gasteiger partial charge in [0.15, 0.2) is 5.16 Å². The van der Waals surface area contributed by atoms with Gasteiger partial charge >= 0.3 is 0 Å². The van der Waals surface area contributed by atoms with Gasteiger partial charge in [-0.2, -0.15) is 0 Å². The summed E-state index contributed by atoms with van der Waals surface area (Å²) in [6.07, 6.45) is 0. The third kappa shape index (κ3) is 3.48. The van der Waals surface area contributed by atoms with Crippen LogP contribution in [0, 0.1) is 0 Å². The molecule has 0 aliphatic carbocycles. The number of carbonyl (C=O) groups excluding carboxylic acids is 1. The summed E-state index contributed by atoms with van der Waals surface area (Å²) >= 11 is 7.29. The van der Waals surface area contributed by atoms with Crippen LogP contribution in [0.2, 0.25) is 5.02 Å². The lowest BCUT2D eigenvalue weighted by Gasteiger charge is -2.17. The van der Waals surface area contributed by atoms with Gasteiger partial charge in [0, 0.05) is 5.02 Å². The summed E-state index contributed by atoms with van der Waals surface area (Å²) in [7, 11) is 1.54. The van der Waals surface area contributed by atoms with Gasteiger partial charge in [0.1, 0.15) is 11.5 Å². The number of halogens is 1. The van der Waals surface area contributed by atoms with Crippen molar-refractivity contribution < 1.29 is 9.53 Å². The quantitative estimate of drug-likeness (QED) is 0.486. The fraction of sp³-hybridized carbons (Fsp3) is 0.211. The highest BCUT2D eigenvalue weighted by Crippen LogP contribution is 2.29. The molecule has 2 aromatic carbocycles. The number of hydrogen-bond donors (Lipinski definition) is 0. The number of carbonyl (C=O) groups is 1. The van der Waals surface area contributed by atoms with E-state index in [0.717, 1.165) is 0 Å². The SMILES string of the molecule is COc1ccccc1-n1c(SC(C)C(C)=O)nc2cc(Cl)ccc2c1=O. The molecule has 0 amide bonds. The molecule has 0 fully saturated rings. The molecule has 3 aromatic rings. The molecule has 0 saturated carbocycles. The third-order valence-electron chi connectivity index (χ3n) is 3.98. The number of aromatic nitrogens is 2. The van der Waals surface area contributed by atoms with Crippen molar-refractivity contribution >= 4 is 40.0 Å². The van der Waals surface area contributed by atoms with Gasteiger partial charge in [-0.15, -0.1) is 0 Å². The molecule has 0 N–H and O–H groups in total. The normalized spacial score (nSPS) is 12.2. The number of thioether (sulfide) groups is 1. The number of nitrogens with zero attached hydrogens (tertiary/aromatic N) is 2. The van der Waals surface area contributed by atoms with Gasteiger partial charge < -0.3 is 4.74 Å². The Balaban J connectivity index is 2.34. The average molecular weight is 389 g/mol. The standard InChI is InChI=1S/C19H17ClN2O3S/c1-11(23)12(2)26-19-21-15-10-13(20)8-9-14(15)18(24)22(19)16-6-4-5-7-17(16)25-3/h4-10,12H,1-3H3. The molecule has 0 spiro atoms. The molecule has 1 atom stereocenters. The molecule has 0 bridgehead atoms. The number of ether oxygens (including phenoxy) is 1. The lowest BCUT2D eigenvalue weighted by molar-refractivity contribution is -0.116. The van der Waals surface area contributed by atoms with E-state index in [9.17, 15) is 9.59 Å². The van der Waals surface area contributed by atoms with Crippen LogP contribution in [0.5, 0.6) is 5.75 Å². The number of rotatable bonds is 5. The summed E-state index contributed by atoms with van der Waals surface area (Å²) in [5, 5.41) is 1.01. The number of methoxy groups -OCH3 is 1. The van der Waals surface area contributed by atoms with Crippen LogP contribution in [0.4, 0.5) is 0 Å². The van der Waals surface area contributed by atoms with Crippen molar-refractivity contribution in [1.29, 1.82) is 0 Å². The smallest absolute Gasteiger partial charge is 0.266 e. The van der Waals surface area contributed by atoms with Gasteiger partial charge in [-0.3, -0.25) is 14.2 Å². The maximum atomic E-state index is 13.2. The Kier molecular flexibility index (Phi) is 5.34. The summed E-state index contributed by atoms with van der Waals surface area (Å²) in [5.41, 5.74) is 0.823. The van der Waals surface area contributed by atoms with Crippen molar-refractivity contribution in [3.63, 3.8) is 0 Å². The van der Waals surface area contributed by atoms with Crippen LogP contribution < -0.4 is 10.3 Å². The lowest BCUT2D eigenvalue weighted by Crippen LogP contribution is -2.23. The Bertz CT molecular complexity index is 1050. The molecule has 1 aromatic heterocycles. The Morgan fingerprint density at radius 3 is 2.69 bits per heavy atom. The molecule has 134 valence electrons. The molecule has 1 heterocycles. The Hall–Kier alpha value is -2.31. The van der Waals surface area contributed by atoms with Crippen molar-refractivity contribution in [2.75, 3.05) is 7.11 Å². The predicted octanol–water partition coefficient (Wildman–Crippen LogP) is 4.12. The first-order chi connectivity index (χ1) is 12.4. The van der Waals surface area contributed by atoms with E-state index in [4.69, 9.17) is 16.3 Å². The largest absolute Gasteiger partial charge is 0.495 e. The van der Waals surface area contributed by atoms with E-state index in [2.05, 4.69) is 4.98 Å². The Morgan fingerprint density at radius 2 is 2.00 bits per heavy atom. The van der Waals surface area contributed by atoms with Gasteiger partial charge in [-0.1, -0.05) is 35.5 Å². The van der Waals surface area contributed by atoms with Crippen molar-refractivity contribution in [2.45, 2.75) is 24.3 Å². The molecule has 1 unspecified atom stereocenters. The van der Waals surface area contributed by atoms with Crippen LogP contribution in [0.15, 0.2) is 52.4 Å². The maximum absolute atomic E-state index is 13.2. The summed E-state index contributed by atoms with van der Waals surface area (Å²) < 4.78 is 6.89. The van der Waals surface area contributed by atoms with Crippen LogP contribution in [0.3, 0.4) is 0 Å². The number of ketones is 1. The highest BCUT2D eigenvalue weighted by Gasteiger charge is 2.20. The van der Waals surface area contributed by atoms with Crippen molar-refractivity contribution in [3.05, 3.63) is 57.8 Å². The van der Waals surface area contributed by atoms with Crippen molar-refractivity contribution in [2.24, 2.45) is 0 Å². The fourth-order valence-corrected chi connectivity index (χ4v) is 3.57. The molecule has 7 heteroatoms. The maximum Gasteiger partial charge on any atom is 0.266 e. The highest BCUT2D eigenvalue weighted by atomic mass is 35.5. The van der Waals surface area contributed by atoms with Gasteiger partial charge in [0.25, 0.3) is 5.56 Å². The van der Waals surface area contributed by atoms with E-state index in [1.807, 2.05) is 12.1 Å². The first-order valence-electron chi connectivity index (χ1n) is 7.95. The predicted molar refractivity (Wildman–Crippen MR) is 105 cm³/mol. The van der Waals surface area contributed by atoms with Crippen LogP contribution in [-0.2, 0) is 4.79 Å². The molecule has 0 aliphatic heterocycles. The van der Waals surface area contributed by atoms with Gasteiger partial charge in [-0.05, 0) is 44.2 Å². The van der Waals surface area contributed by atoms with E-state index in [-0.39, 0.29) is 16.6 Å². The minimum atomic E-state index is -0.348. The van der Waals surface area contributed by atoms with Gasteiger partial charge in [-0.25, -0.2) is 4.98 Å². The fourth-order valence-electron chi connectivity index (χ4n) is 2.49. The zero-order chi connectivity index (χ0) is 18.8. The average Bonchev–Trinajstić information content (AvgIpc) is 2.61. The zero-order valence-electron chi connectivity index (χ0n) is 14.5. The number of para-hydroxylation sites is 2. The zero-order valence-corrected chi connectivity index (χ0v) is 16.1. The molecule has 0 radical (unpaired) electrons. The minimum absolute atomic E-state index is 0.00187. The van der Waals surface area contributed by atoms with Crippen LogP contribution >= 0.6 is 23.4 Å².